The number of aryl methyl sites for hydroxylation is 1. The molecule has 0 fully saturated rings. The topological polar surface area (TPSA) is 20.2 Å². The lowest BCUT2D eigenvalue weighted by Gasteiger charge is -2.24. The van der Waals surface area contributed by atoms with Gasteiger partial charge < -0.3 is 5.11 Å². The second kappa shape index (κ2) is 4.62. The minimum Gasteiger partial charge on any atom is -0.385 e. The third kappa shape index (κ3) is 2.15. The third-order valence-electron chi connectivity index (χ3n) is 3.84. The minimum atomic E-state index is -0.984. The Bertz CT molecular complexity index is 626. The molecule has 1 N–H and O–H groups in total. The van der Waals surface area contributed by atoms with Crippen LogP contribution in [0.1, 0.15) is 23.1 Å². The van der Waals surface area contributed by atoms with Crippen LogP contribution in [0.25, 0.3) is 0 Å². The van der Waals surface area contributed by atoms with Gasteiger partial charge >= 0.3 is 0 Å². The van der Waals surface area contributed by atoms with Crippen molar-refractivity contribution in [1.82, 2.24) is 0 Å². The summed E-state index contributed by atoms with van der Waals surface area (Å²) in [4.78, 5) is 0. The smallest absolute Gasteiger partial charge is 0.145 e. The predicted molar refractivity (Wildman–Crippen MR) is 73.8 cm³/mol. The van der Waals surface area contributed by atoms with Crippen molar-refractivity contribution >= 4 is 11.6 Å². The number of rotatable bonds is 2. The van der Waals surface area contributed by atoms with Crippen molar-refractivity contribution in [1.29, 1.82) is 0 Å². The van der Waals surface area contributed by atoms with Crippen LogP contribution >= 0.6 is 11.6 Å². The molecule has 1 aliphatic rings. The molecule has 3 rings (SSSR count). The molecule has 0 saturated carbocycles. The van der Waals surface area contributed by atoms with Crippen LogP contribution in [0.5, 0.6) is 0 Å². The fourth-order valence-corrected chi connectivity index (χ4v) is 3.05. The van der Waals surface area contributed by atoms with Gasteiger partial charge in [0.15, 0.2) is 0 Å². The van der Waals surface area contributed by atoms with Gasteiger partial charge in [-0.05, 0) is 35.6 Å². The van der Waals surface area contributed by atoms with E-state index in [1.165, 1.54) is 6.07 Å². The molecule has 0 aromatic heterocycles. The van der Waals surface area contributed by atoms with Gasteiger partial charge in [-0.1, -0.05) is 48.0 Å². The van der Waals surface area contributed by atoms with E-state index < -0.39 is 11.4 Å². The van der Waals surface area contributed by atoms with Gasteiger partial charge in [0, 0.05) is 6.42 Å². The standard InChI is InChI=1S/C16H14ClFO/c17-14-7-3-5-12(15(14)18)10-16(19)9-8-11-4-1-2-6-13(11)16/h1-7,19H,8-10H2. The van der Waals surface area contributed by atoms with Crippen LogP contribution in [0.15, 0.2) is 42.5 Å². The van der Waals surface area contributed by atoms with Crippen molar-refractivity contribution in [2.45, 2.75) is 24.9 Å². The van der Waals surface area contributed by atoms with Crippen LogP contribution in [0.4, 0.5) is 4.39 Å². The van der Waals surface area contributed by atoms with E-state index in [9.17, 15) is 9.50 Å². The number of hydrogen-bond donors (Lipinski definition) is 1. The SMILES string of the molecule is OC1(Cc2cccc(Cl)c2F)CCc2ccccc21. The van der Waals surface area contributed by atoms with Crippen molar-refractivity contribution < 1.29 is 9.50 Å². The molecule has 2 aromatic carbocycles. The number of hydrogen-bond acceptors (Lipinski definition) is 1. The van der Waals surface area contributed by atoms with E-state index in [2.05, 4.69) is 0 Å². The fourth-order valence-electron chi connectivity index (χ4n) is 2.85. The lowest BCUT2D eigenvalue weighted by atomic mass is 9.88. The van der Waals surface area contributed by atoms with Gasteiger partial charge in [-0.3, -0.25) is 0 Å². The molecule has 1 atom stereocenters. The molecule has 19 heavy (non-hydrogen) atoms. The molecule has 0 aliphatic heterocycles. The Morgan fingerprint density at radius 1 is 1.16 bits per heavy atom. The van der Waals surface area contributed by atoms with E-state index in [4.69, 9.17) is 11.6 Å². The molecule has 0 radical (unpaired) electrons. The number of aliphatic hydroxyl groups is 1. The quantitative estimate of drug-likeness (QED) is 0.883. The van der Waals surface area contributed by atoms with Crippen molar-refractivity contribution in [2.24, 2.45) is 0 Å². The van der Waals surface area contributed by atoms with Gasteiger partial charge in [0.1, 0.15) is 5.82 Å². The second-order valence-corrected chi connectivity index (χ2v) is 5.49. The van der Waals surface area contributed by atoms with Crippen LogP contribution < -0.4 is 0 Å². The van der Waals surface area contributed by atoms with Crippen molar-refractivity contribution in [2.75, 3.05) is 0 Å². The Morgan fingerprint density at radius 3 is 2.79 bits per heavy atom. The molecular weight excluding hydrogens is 263 g/mol. The summed E-state index contributed by atoms with van der Waals surface area (Å²) < 4.78 is 14.0. The van der Waals surface area contributed by atoms with Crippen molar-refractivity contribution in [3.8, 4) is 0 Å². The summed E-state index contributed by atoms with van der Waals surface area (Å²) >= 11 is 5.79. The van der Waals surface area contributed by atoms with E-state index in [1.54, 1.807) is 12.1 Å². The molecule has 1 nitrogen and oxygen atoms in total. The largest absolute Gasteiger partial charge is 0.385 e. The first-order chi connectivity index (χ1) is 9.10. The maximum Gasteiger partial charge on any atom is 0.145 e. The van der Waals surface area contributed by atoms with Gasteiger partial charge in [-0.2, -0.15) is 0 Å². The molecule has 0 heterocycles. The maximum absolute atomic E-state index is 14.0. The second-order valence-electron chi connectivity index (χ2n) is 5.08. The average Bonchev–Trinajstić information content (AvgIpc) is 2.74. The van der Waals surface area contributed by atoms with Crippen LogP contribution in [-0.4, -0.2) is 5.11 Å². The van der Waals surface area contributed by atoms with Crippen LogP contribution in [-0.2, 0) is 18.4 Å². The molecule has 98 valence electrons. The van der Waals surface area contributed by atoms with Gasteiger partial charge in [-0.15, -0.1) is 0 Å². The molecule has 1 unspecified atom stereocenters. The zero-order chi connectivity index (χ0) is 13.5. The Hall–Kier alpha value is -1.38. The minimum absolute atomic E-state index is 0.104. The van der Waals surface area contributed by atoms with Crippen LogP contribution in [0, 0.1) is 5.82 Å². The fraction of sp³-hybridized carbons (Fsp3) is 0.250. The molecule has 3 heteroatoms. The maximum atomic E-state index is 14.0. The van der Waals surface area contributed by atoms with E-state index in [1.807, 2.05) is 24.3 Å². The molecular formula is C16H14ClFO. The number of fused-ring (bicyclic) bond motifs is 1. The predicted octanol–water partition coefficient (Wildman–Crippen LogP) is 3.86. The molecule has 0 amide bonds. The van der Waals surface area contributed by atoms with Gasteiger partial charge in [0.2, 0.25) is 0 Å². The summed E-state index contributed by atoms with van der Waals surface area (Å²) in [6, 6.07) is 12.7. The Labute approximate surface area is 116 Å². The molecule has 0 spiro atoms. The van der Waals surface area contributed by atoms with E-state index >= 15 is 0 Å². The van der Waals surface area contributed by atoms with Crippen LogP contribution in [0.3, 0.4) is 0 Å². The first-order valence-corrected chi connectivity index (χ1v) is 6.72. The molecule has 0 saturated heterocycles. The summed E-state index contributed by atoms with van der Waals surface area (Å²) in [7, 11) is 0. The van der Waals surface area contributed by atoms with E-state index in [-0.39, 0.29) is 11.4 Å². The van der Waals surface area contributed by atoms with Gasteiger partial charge in [0.05, 0.1) is 10.6 Å². The monoisotopic (exact) mass is 276 g/mol. The zero-order valence-corrected chi connectivity index (χ0v) is 11.1. The Morgan fingerprint density at radius 2 is 1.95 bits per heavy atom. The highest BCUT2D eigenvalue weighted by Gasteiger charge is 2.37. The Kier molecular flexibility index (Phi) is 3.08. The Balaban J connectivity index is 1.98. The van der Waals surface area contributed by atoms with Crippen molar-refractivity contribution in [3.63, 3.8) is 0 Å². The van der Waals surface area contributed by atoms with Gasteiger partial charge in [-0.25, -0.2) is 4.39 Å². The van der Waals surface area contributed by atoms with Crippen molar-refractivity contribution in [3.05, 3.63) is 70.0 Å². The van der Waals surface area contributed by atoms with E-state index in [0.29, 0.717) is 12.0 Å². The summed E-state index contributed by atoms with van der Waals surface area (Å²) in [6.07, 6.45) is 1.71. The average molecular weight is 277 g/mol. The summed E-state index contributed by atoms with van der Waals surface area (Å²) in [5.74, 6) is -0.429. The lowest BCUT2D eigenvalue weighted by molar-refractivity contribution is 0.0381. The normalized spacial score (nSPS) is 21.4. The highest BCUT2D eigenvalue weighted by molar-refractivity contribution is 6.30. The highest BCUT2D eigenvalue weighted by atomic mass is 35.5. The number of benzene rings is 2. The first-order valence-electron chi connectivity index (χ1n) is 6.34. The summed E-state index contributed by atoms with van der Waals surface area (Å²) in [6.45, 7) is 0. The molecule has 0 bridgehead atoms. The highest BCUT2D eigenvalue weighted by Crippen LogP contribution is 2.39. The molecule has 2 aromatic rings. The van der Waals surface area contributed by atoms with Crippen LogP contribution in [0.2, 0.25) is 5.02 Å². The summed E-state index contributed by atoms with van der Waals surface area (Å²) in [5, 5.41) is 10.9. The number of halogens is 2. The lowest BCUT2D eigenvalue weighted by Crippen LogP contribution is -2.25. The van der Waals surface area contributed by atoms with E-state index in [0.717, 1.165) is 17.5 Å². The third-order valence-corrected chi connectivity index (χ3v) is 4.13. The van der Waals surface area contributed by atoms with Gasteiger partial charge in [0.25, 0.3) is 0 Å². The first kappa shape index (κ1) is 12.6. The molecule has 1 aliphatic carbocycles. The zero-order valence-electron chi connectivity index (χ0n) is 10.4. The summed E-state index contributed by atoms with van der Waals surface area (Å²) in [5.41, 5.74) is 1.54.